The highest BCUT2D eigenvalue weighted by Gasteiger charge is 2.41. The lowest BCUT2D eigenvalue weighted by atomic mass is 9.89. The maximum atomic E-state index is 13.1. The summed E-state index contributed by atoms with van der Waals surface area (Å²) in [6.45, 7) is 3.67. The van der Waals surface area contributed by atoms with E-state index in [4.69, 9.17) is 4.74 Å². The van der Waals surface area contributed by atoms with E-state index >= 15 is 0 Å². The summed E-state index contributed by atoms with van der Waals surface area (Å²) >= 11 is 0. The number of nitrogens with zero attached hydrogens (tertiary/aromatic N) is 2. The SMILES string of the molecule is CC(C)OC(=O)NC(=O)[C@@H]1CCCN1C(=O)C(CN(O)C=O)C1CCCC1. The van der Waals surface area contributed by atoms with Gasteiger partial charge in [-0.2, -0.15) is 0 Å². The molecule has 9 heteroatoms. The second kappa shape index (κ2) is 9.68. The topological polar surface area (TPSA) is 116 Å². The van der Waals surface area contributed by atoms with Crippen LogP contribution in [0.15, 0.2) is 0 Å². The summed E-state index contributed by atoms with van der Waals surface area (Å²) in [6.07, 6.45) is 3.93. The third-order valence-electron chi connectivity index (χ3n) is 5.20. The Hall–Kier alpha value is -2.16. The molecule has 9 nitrogen and oxygen atoms in total. The molecule has 1 saturated heterocycles. The Bertz CT molecular complexity index is 561. The van der Waals surface area contributed by atoms with E-state index in [1.165, 1.54) is 4.90 Å². The van der Waals surface area contributed by atoms with Gasteiger partial charge >= 0.3 is 6.09 Å². The molecule has 0 aromatic carbocycles. The minimum Gasteiger partial charge on any atom is -0.447 e. The van der Waals surface area contributed by atoms with E-state index in [0.29, 0.717) is 24.4 Å². The van der Waals surface area contributed by atoms with Crippen molar-refractivity contribution >= 4 is 24.3 Å². The van der Waals surface area contributed by atoms with Crippen LogP contribution in [-0.2, 0) is 19.1 Å². The second-order valence-corrected chi connectivity index (χ2v) is 7.51. The summed E-state index contributed by atoms with van der Waals surface area (Å²) in [5.41, 5.74) is 0. The number of carbonyl (C=O) groups excluding carboxylic acids is 4. The number of hydrogen-bond donors (Lipinski definition) is 2. The molecule has 27 heavy (non-hydrogen) atoms. The Kier molecular flexibility index (Phi) is 7.58. The highest BCUT2D eigenvalue weighted by Crippen LogP contribution is 2.34. The molecular formula is C18H29N3O6. The van der Waals surface area contributed by atoms with Crippen molar-refractivity contribution in [3.8, 4) is 0 Å². The normalized spacial score (nSPS) is 21.2. The molecule has 1 aliphatic heterocycles. The predicted molar refractivity (Wildman–Crippen MR) is 94.5 cm³/mol. The predicted octanol–water partition coefficient (Wildman–Crippen LogP) is 1.29. The second-order valence-electron chi connectivity index (χ2n) is 7.51. The minimum atomic E-state index is -0.830. The van der Waals surface area contributed by atoms with Crippen LogP contribution < -0.4 is 5.32 Å². The van der Waals surface area contributed by atoms with E-state index in [1.807, 2.05) is 0 Å². The average molecular weight is 383 g/mol. The first-order valence-corrected chi connectivity index (χ1v) is 9.56. The zero-order chi connectivity index (χ0) is 20.0. The fourth-order valence-corrected chi connectivity index (χ4v) is 3.98. The van der Waals surface area contributed by atoms with Crippen LogP contribution in [0.1, 0.15) is 52.4 Å². The number of hydrogen-bond acceptors (Lipinski definition) is 6. The van der Waals surface area contributed by atoms with Gasteiger partial charge in [0.25, 0.3) is 5.91 Å². The van der Waals surface area contributed by atoms with Gasteiger partial charge in [0.1, 0.15) is 6.04 Å². The number of carbonyl (C=O) groups is 4. The van der Waals surface area contributed by atoms with Gasteiger partial charge in [-0.1, -0.05) is 12.8 Å². The molecule has 1 saturated carbocycles. The van der Waals surface area contributed by atoms with Crippen molar-refractivity contribution in [2.75, 3.05) is 13.1 Å². The number of likely N-dealkylation sites (tertiary alicyclic amines) is 1. The maximum absolute atomic E-state index is 13.1. The van der Waals surface area contributed by atoms with Gasteiger partial charge in [-0.3, -0.25) is 24.9 Å². The van der Waals surface area contributed by atoms with Gasteiger partial charge in [-0.05, 0) is 45.4 Å². The van der Waals surface area contributed by atoms with E-state index in [0.717, 1.165) is 25.7 Å². The lowest BCUT2D eigenvalue weighted by molar-refractivity contribution is -0.159. The lowest BCUT2D eigenvalue weighted by Gasteiger charge is -2.31. The molecule has 2 N–H and O–H groups in total. The van der Waals surface area contributed by atoms with Gasteiger partial charge in [0, 0.05) is 6.54 Å². The summed E-state index contributed by atoms with van der Waals surface area (Å²) in [5, 5.41) is 12.3. The van der Waals surface area contributed by atoms with Crippen molar-refractivity contribution in [1.29, 1.82) is 0 Å². The zero-order valence-corrected chi connectivity index (χ0v) is 15.9. The fourth-order valence-electron chi connectivity index (χ4n) is 3.98. The van der Waals surface area contributed by atoms with Crippen LogP contribution in [0.4, 0.5) is 4.79 Å². The smallest absolute Gasteiger partial charge is 0.414 e. The van der Waals surface area contributed by atoms with Gasteiger partial charge in [0.2, 0.25) is 12.3 Å². The van der Waals surface area contributed by atoms with Crippen LogP contribution in [0.2, 0.25) is 0 Å². The third kappa shape index (κ3) is 5.66. The molecule has 2 aliphatic rings. The largest absolute Gasteiger partial charge is 0.447 e. The van der Waals surface area contributed by atoms with Crippen molar-refractivity contribution in [2.45, 2.75) is 64.5 Å². The highest BCUT2D eigenvalue weighted by molar-refractivity contribution is 5.97. The van der Waals surface area contributed by atoms with E-state index in [-0.39, 0.29) is 30.9 Å². The first-order valence-electron chi connectivity index (χ1n) is 9.56. The molecule has 2 atom stereocenters. The molecule has 0 spiro atoms. The molecule has 0 aromatic rings. The molecule has 2 fully saturated rings. The first kappa shape index (κ1) is 21.1. The molecule has 1 aliphatic carbocycles. The molecule has 0 aromatic heterocycles. The third-order valence-corrected chi connectivity index (χ3v) is 5.20. The summed E-state index contributed by atoms with van der Waals surface area (Å²) in [4.78, 5) is 49.6. The molecule has 2 rings (SSSR count). The molecule has 4 amide bonds. The number of amides is 4. The maximum Gasteiger partial charge on any atom is 0.414 e. The van der Waals surface area contributed by atoms with E-state index in [9.17, 15) is 24.4 Å². The highest BCUT2D eigenvalue weighted by atomic mass is 16.6. The summed E-state index contributed by atoms with van der Waals surface area (Å²) in [7, 11) is 0. The fraction of sp³-hybridized carbons (Fsp3) is 0.778. The quantitative estimate of drug-likeness (QED) is 0.389. The van der Waals surface area contributed by atoms with Crippen molar-refractivity contribution in [3.63, 3.8) is 0 Å². The number of hydroxylamine groups is 2. The Morgan fingerprint density at radius 3 is 2.48 bits per heavy atom. The van der Waals surface area contributed by atoms with Gasteiger partial charge in [-0.25, -0.2) is 9.86 Å². The standard InChI is InChI=1S/C18H29N3O6/c1-12(2)27-18(25)19-16(23)15-8-5-9-21(15)17(24)14(10-20(26)11-22)13-6-3-4-7-13/h11-15,26H,3-10H2,1-2H3,(H,19,23,25)/t14?,15-/m0/s1. The first-order chi connectivity index (χ1) is 12.8. The summed E-state index contributed by atoms with van der Waals surface area (Å²) in [5.74, 6) is -1.30. The molecule has 0 bridgehead atoms. The Labute approximate surface area is 159 Å². The van der Waals surface area contributed by atoms with E-state index in [1.54, 1.807) is 13.8 Å². The zero-order valence-electron chi connectivity index (χ0n) is 15.9. The molecule has 0 radical (unpaired) electrons. The van der Waals surface area contributed by atoms with Crippen LogP contribution in [0, 0.1) is 11.8 Å². The molecule has 152 valence electrons. The van der Waals surface area contributed by atoms with Gasteiger partial charge in [-0.15, -0.1) is 0 Å². The van der Waals surface area contributed by atoms with Crippen molar-refractivity contribution < 1.29 is 29.1 Å². The lowest BCUT2D eigenvalue weighted by Crippen LogP contribution is -2.51. The monoisotopic (exact) mass is 383 g/mol. The van der Waals surface area contributed by atoms with Gasteiger partial charge in [0.05, 0.1) is 18.6 Å². The Morgan fingerprint density at radius 1 is 1.22 bits per heavy atom. The van der Waals surface area contributed by atoms with Crippen molar-refractivity contribution in [2.24, 2.45) is 11.8 Å². The van der Waals surface area contributed by atoms with Crippen LogP contribution in [0.3, 0.4) is 0 Å². The van der Waals surface area contributed by atoms with E-state index < -0.39 is 24.0 Å². The molecular weight excluding hydrogens is 354 g/mol. The van der Waals surface area contributed by atoms with E-state index in [2.05, 4.69) is 5.32 Å². The number of nitrogens with one attached hydrogen (secondary N) is 1. The van der Waals surface area contributed by atoms with Crippen LogP contribution in [-0.4, -0.2) is 64.7 Å². The minimum absolute atomic E-state index is 0.0716. The Morgan fingerprint density at radius 2 is 1.89 bits per heavy atom. The number of imide groups is 1. The molecule has 1 heterocycles. The summed E-state index contributed by atoms with van der Waals surface area (Å²) < 4.78 is 4.92. The number of alkyl carbamates (subject to hydrolysis) is 1. The Balaban J connectivity index is 2.07. The van der Waals surface area contributed by atoms with Crippen LogP contribution in [0.25, 0.3) is 0 Å². The number of ether oxygens (including phenoxy) is 1. The van der Waals surface area contributed by atoms with Crippen LogP contribution in [0.5, 0.6) is 0 Å². The van der Waals surface area contributed by atoms with Crippen molar-refractivity contribution in [1.82, 2.24) is 15.3 Å². The number of rotatable bonds is 7. The van der Waals surface area contributed by atoms with Gasteiger partial charge < -0.3 is 9.64 Å². The average Bonchev–Trinajstić information content (AvgIpc) is 3.29. The van der Waals surface area contributed by atoms with Gasteiger partial charge in [0.15, 0.2) is 0 Å². The van der Waals surface area contributed by atoms with Crippen molar-refractivity contribution in [3.05, 3.63) is 0 Å². The summed E-state index contributed by atoms with van der Waals surface area (Å²) in [6, 6.07) is -0.746. The molecule has 1 unspecified atom stereocenters. The van der Waals surface area contributed by atoms with Crippen LogP contribution >= 0.6 is 0 Å².